The Morgan fingerprint density at radius 1 is 1.52 bits per heavy atom. The zero-order valence-corrected chi connectivity index (χ0v) is 13.3. The maximum atomic E-state index is 6.32. The summed E-state index contributed by atoms with van der Waals surface area (Å²) in [5.41, 5.74) is 1.96. The van der Waals surface area contributed by atoms with Crippen LogP contribution in [0.4, 0.5) is 0 Å². The van der Waals surface area contributed by atoms with Crippen molar-refractivity contribution in [2.24, 2.45) is 0 Å². The molecule has 0 radical (unpaired) electrons. The molecule has 1 aromatic heterocycles. The zero-order chi connectivity index (χ0) is 14.8. The number of fused-ring (bicyclic) bond motifs is 1. The summed E-state index contributed by atoms with van der Waals surface area (Å²) < 4.78 is 13.3. The highest BCUT2D eigenvalue weighted by molar-refractivity contribution is 6.20. The molecule has 2 heterocycles. The van der Waals surface area contributed by atoms with E-state index in [4.69, 9.17) is 26.1 Å². The standard InChI is InChI=1S/C16H21ClN2O2/c1-11(17)16-18-15-13(6-3-7-14(15)20-2)19(16)9-8-12-5-4-10-21-12/h3,6-7,11-12H,4-5,8-10H2,1-2H3. The SMILES string of the molecule is COc1cccc2c1nc(C(C)Cl)n2CCC1CCCO1. The predicted octanol–water partition coefficient (Wildman–Crippen LogP) is 3.91. The highest BCUT2D eigenvalue weighted by atomic mass is 35.5. The molecule has 1 aliphatic rings. The number of hydrogen-bond acceptors (Lipinski definition) is 3. The maximum absolute atomic E-state index is 6.32. The number of nitrogens with zero attached hydrogens (tertiary/aromatic N) is 2. The van der Waals surface area contributed by atoms with E-state index < -0.39 is 0 Å². The van der Waals surface area contributed by atoms with E-state index >= 15 is 0 Å². The van der Waals surface area contributed by atoms with E-state index in [1.807, 2.05) is 19.1 Å². The molecule has 4 nitrogen and oxygen atoms in total. The minimum atomic E-state index is -0.133. The van der Waals surface area contributed by atoms with Gasteiger partial charge in [0.2, 0.25) is 0 Å². The van der Waals surface area contributed by atoms with Gasteiger partial charge in [-0.25, -0.2) is 4.98 Å². The van der Waals surface area contributed by atoms with Gasteiger partial charge < -0.3 is 14.0 Å². The Morgan fingerprint density at radius 2 is 2.38 bits per heavy atom. The molecule has 5 heteroatoms. The largest absolute Gasteiger partial charge is 0.494 e. The fraction of sp³-hybridized carbons (Fsp3) is 0.562. The molecule has 0 spiro atoms. The first kappa shape index (κ1) is 14.7. The van der Waals surface area contributed by atoms with Crippen LogP contribution < -0.4 is 4.74 Å². The third-order valence-corrected chi connectivity index (χ3v) is 4.24. The first-order valence-corrected chi connectivity index (χ1v) is 7.93. The summed E-state index contributed by atoms with van der Waals surface area (Å²) in [4.78, 5) is 4.69. The van der Waals surface area contributed by atoms with E-state index in [-0.39, 0.29) is 5.38 Å². The Hall–Kier alpha value is -1.26. The van der Waals surface area contributed by atoms with Crippen molar-refractivity contribution < 1.29 is 9.47 Å². The van der Waals surface area contributed by atoms with E-state index in [0.29, 0.717) is 6.10 Å². The molecule has 21 heavy (non-hydrogen) atoms. The lowest BCUT2D eigenvalue weighted by Crippen LogP contribution is -2.12. The van der Waals surface area contributed by atoms with Gasteiger partial charge in [-0.2, -0.15) is 0 Å². The second-order valence-corrected chi connectivity index (χ2v) is 6.14. The molecule has 0 bridgehead atoms. The lowest BCUT2D eigenvalue weighted by atomic mass is 10.2. The number of halogens is 1. The summed E-state index contributed by atoms with van der Waals surface area (Å²) in [5.74, 6) is 1.69. The number of alkyl halides is 1. The van der Waals surface area contributed by atoms with Crippen molar-refractivity contribution in [2.75, 3.05) is 13.7 Å². The van der Waals surface area contributed by atoms with Gasteiger partial charge in [-0.1, -0.05) is 6.07 Å². The van der Waals surface area contributed by atoms with Crippen molar-refractivity contribution in [3.63, 3.8) is 0 Å². The van der Waals surface area contributed by atoms with E-state index in [2.05, 4.69) is 10.6 Å². The zero-order valence-electron chi connectivity index (χ0n) is 12.5. The fourth-order valence-electron chi connectivity index (χ4n) is 2.99. The average Bonchev–Trinajstić information content (AvgIpc) is 3.11. The van der Waals surface area contributed by atoms with E-state index in [0.717, 1.165) is 48.6 Å². The molecule has 3 rings (SSSR count). The molecule has 0 aliphatic carbocycles. The van der Waals surface area contributed by atoms with E-state index in [1.165, 1.54) is 6.42 Å². The van der Waals surface area contributed by atoms with Crippen molar-refractivity contribution in [3.8, 4) is 5.75 Å². The first-order chi connectivity index (χ1) is 10.2. The second kappa shape index (κ2) is 6.24. The molecule has 2 atom stereocenters. The van der Waals surface area contributed by atoms with Gasteiger partial charge in [-0.05, 0) is 38.3 Å². The normalized spacial score (nSPS) is 20.0. The molecular weight excluding hydrogens is 288 g/mol. The van der Waals surface area contributed by atoms with E-state index in [9.17, 15) is 0 Å². The molecule has 0 saturated carbocycles. The number of imidazole rings is 1. The van der Waals surface area contributed by atoms with Crippen LogP contribution in [0.1, 0.15) is 37.4 Å². The topological polar surface area (TPSA) is 36.3 Å². The number of hydrogen-bond donors (Lipinski definition) is 0. The van der Waals surface area contributed by atoms with Gasteiger partial charge in [0.15, 0.2) is 0 Å². The second-order valence-electron chi connectivity index (χ2n) is 5.49. The summed E-state index contributed by atoms with van der Waals surface area (Å²) in [6, 6.07) is 6.00. The van der Waals surface area contributed by atoms with Crippen LogP contribution in [-0.4, -0.2) is 29.4 Å². The number of methoxy groups -OCH3 is 1. The van der Waals surface area contributed by atoms with Crippen LogP contribution in [-0.2, 0) is 11.3 Å². The van der Waals surface area contributed by atoms with Crippen molar-refractivity contribution >= 4 is 22.6 Å². The predicted molar refractivity (Wildman–Crippen MR) is 84.1 cm³/mol. The molecule has 2 unspecified atom stereocenters. The lowest BCUT2D eigenvalue weighted by molar-refractivity contribution is 0.100. The fourth-order valence-corrected chi connectivity index (χ4v) is 3.15. The van der Waals surface area contributed by atoms with Crippen LogP contribution in [0.3, 0.4) is 0 Å². The van der Waals surface area contributed by atoms with Crippen LogP contribution >= 0.6 is 11.6 Å². The third kappa shape index (κ3) is 2.87. The molecule has 1 saturated heterocycles. The van der Waals surface area contributed by atoms with Crippen molar-refractivity contribution in [3.05, 3.63) is 24.0 Å². The van der Waals surface area contributed by atoms with Gasteiger partial charge in [0.1, 0.15) is 17.1 Å². The van der Waals surface area contributed by atoms with Crippen molar-refractivity contribution in [1.82, 2.24) is 9.55 Å². The summed E-state index contributed by atoms with van der Waals surface area (Å²) in [6.45, 7) is 3.72. The molecule has 2 aromatic rings. The molecule has 114 valence electrons. The quantitative estimate of drug-likeness (QED) is 0.786. The number of para-hydroxylation sites is 1. The van der Waals surface area contributed by atoms with Crippen LogP contribution in [0.2, 0.25) is 0 Å². The minimum Gasteiger partial charge on any atom is -0.494 e. The van der Waals surface area contributed by atoms with Crippen LogP contribution in [0, 0.1) is 0 Å². The Bertz CT molecular complexity index is 618. The molecule has 0 N–H and O–H groups in total. The summed E-state index contributed by atoms with van der Waals surface area (Å²) in [5, 5.41) is -0.133. The number of aryl methyl sites for hydroxylation is 1. The maximum Gasteiger partial charge on any atom is 0.146 e. The van der Waals surface area contributed by atoms with Crippen molar-refractivity contribution in [2.45, 2.75) is 44.2 Å². The smallest absolute Gasteiger partial charge is 0.146 e. The van der Waals surface area contributed by atoms with Crippen LogP contribution in [0.5, 0.6) is 5.75 Å². The number of ether oxygens (including phenoxy) is 2. The van der Waals surface area contributed by atoms with Gasteiger partial charge in [-0.3, -0.25) is 0 Å². The first-order valence-electron chi connectivity index (χ1n) is 7.49. The van der Waals surface area contributed by atoms with Gasteiger partial charge in [0, 0.05) is 13.2 Å². The molecule has 0 amide bonds. The highest BCUT2D eigenvalue weighted by Gasteiger charge is 2.20. The summed E-state index contributed by atoms with van der Waals surface area (Å²) >= 11 is 6.32. The van der Waals surface area contributed by atoms with Crippen molar-refractivity contribution in [1.29, 1.82) is 0 Å². The summed E-state index contributed by atoms with van der Waals surface area (Å²) in [6.07, 6.45) is 3.69. The van der Waals surface area contributed by atoms with Gasteiger partial charge in [0.25, 0.3) is 0 Å². The van der Waals surface area contributed by atoms with Crippen LogP contribution in [0.25, 0.3) is 11.0 Å². The molecule has 1 aromatic carbocycles. The monoisotopic (exact) mass is 308 g/mol. The Balaban J connectivity index is 1.95. The molecular formula is C16H21ClN2O2. The number of aromatic nitrogens is 2. The number of rotatable bonds is 5. The minimum absolute atomic E-state index is 0.133. The van der Waals surface area contributed by atoms with Gasteiger partial charge in [-0.15, -0.1) is 11.6 Å². The van der Waals surface area contributed by atoms with Gasteiger partial charge >= 0.3 is 0 Å². The Kier molecular flexibility index (Phi) is 4.36. The number of benzene rings is 1. The Labute approximate surface area is 130 Å². The molecule has 1 fully saturated rings. The van der Waals surface area contributed by atoms with Gasteiger partial charge in [0.05, 0.1) is 24.1 Å². The third-order valence-electron chi connectivity index (χ3n) is 4.05. The Morgan fingerprint density at radius 3 is 3.05 bits per heavy atom. The van der Waals surface area contributed by atoms with E-state index in [1.54, 1.807) is 7.11 Å². The molecule has 1 aliphatic heterocycles. The summed E-state index contributed by atoms with van der Waals surface area (Å²) in [7, 11) is 1.67. The highest BCUT2D eigenvalue weighted by Crippen LogP contribution is 2.30. The average molecular weight is 309 g/mol. The van der Waals surface area contributed by atoms with Crippen LogP contribution in [0.15, 0.2) is 18.2 Å². The lowest BCUT2D eigenvalue weighted by Gasteiger charge is -2.13.